The Balaban J connectivity index is 1.94. The molecule has 2 aromatic rings. The lowest BCUT2D eigenvalue weighted by Crippen LogP contribution is -2.46. The third-order valence-electron chi connectivity index (χ3n) is 5.22. The molecule has 3 rings (SSSR count). The number of amides is 1. The lowest BCUT2D eigenvalue weighted by Gasteiger charge is -2.33. The van der Waals surface area contributed by atoms with Crippen LogP contribution >= 0.6 is 0 Å². The average Bonchev–Trinajstić information content (AvgIpc) is 2.67. The highest BCUT2D eigenvalue weighted by molar-refractivity contribution is 7.92. The van der Waals surface area contributed by atoms with Gasteiger partial charge in [0.15, 0.2) is 0 Å². The molecule has 1 fully saturated rings. The first-order valence-corrected chi connectivity index (χ1v) is 11.2. The molecule has 2 aromatic carbocycles. The monoisotopic (exact) mass is 400 g/mol. The third-order valence-corrected chi connectivity index (χ3v) is 7.01. The van der Waals surface area contributed by atoms with Crippen molar-refractivity contribution in [1.29, 1.82) is 0 Å². The average molecular weight is 401 g/mol. The maximum atomic E-state index is 13.4. The summed E-state index contributed by atoms with van der Waals surface area (Å²) in [5.41, 5.74) is 2.52. The second kappa shape index (κ2) is 8.35. The Bertz CT molecular complexity index is 921. The molecule has 0 spiro atoms. The Kier molecular flexibility index (Phi) is 6.08. The van der Waals surface area contributed by atoms with Crippen molar-refractivity contribution in [3.63, 3.8) is 0 Å². The molecule has 1 saturated heterocycles. The number of likely N-dealkylation sites (tertiary alicyclic amines) is 1. The number of benzene rings is 2. The van der Waals surface area contributed by atoms with Crippen LogP contribution in [0.25, 0.3) is 0 Å². The zero-order valence-electron chi connectivity index (χ0n) is 16.8. The molecule has 1 amide bonds. The van der Waals surface area contributed by atoms with Crippen molar-refractivity contribution in [2.24, 2.45) is 5.92 Å². The van der Waals surface area contributed by atoms with Crippen LogP contribution in [0.4, 0.5) is 5.69 Å². The van der Waals surface area contributed by atoms with Crippen molar-refractivity contribution in [3.05, 3.63) is 59.7 Å². The Morgan fingerprint density at radius 1 is 1.04 bits per heavy atom. The van der Waals surface area contributed by atoms with Crippen LogP contribution in [0.3, 0.4) is 0 Å². The van der Waals surface area contributed by atoms with E-state index >= 15 is 0 Å². The van der Waals surface area contributed by atoms with Crippen LogP contribution in [0.15, 0.2) is 53.4 Å². The molecule has 0 radical (unpaired) electrons. The number of aryl methyl sites for hydroxylation is 2. The molecule has 0 bridgehead atoms. The van der Waals surface area contributed by atoms with Gasteiger partial charge in [0.05, 0.1) is 10.6 Å². The summed E-state index contributed by atoms with van der Waals surface area (Å²) < 4.78 is 28.0. The van der Waals surface area contributed by atoms with Crippen LogP contribution in [0.1, 0.15) is 30.9 Å². The summed E-state index contributed by atoms with van der Waals surface area (Å²) in [7, 11) is -3.85. The molecule has 1 heterocycles. The minimum absolute atomic E-state index is 0.150. The van der Waals surface area contributed by atoms with Gasteiger partial charge in [-0.05, 0) is 56.9 Å². The molecular formula is C22H28N2O3S. The van der Waals surface area contributed by atoms with Gasteiger partial charge in [-0.2, -0.15) is 0 Å². The topological polar surface area (TPSA) is 57.7 Å². The Morgan fingerprint density at radius 2 is 1.61 bits per heavy atom. The molecule has 0 aromatic heterocycles. The predicted octanol–water partition coefficient (Wildman–Crippen LogP) is 3.76. The van der Waals surface area contributed by atoms with Gasteiger partial charge in [-0.1, -0.05) is 42.3 Å². The van der Waals surface area contributed by atoms with Crippen LogP contribution < -0.4 is 4.31 Å². The molecule has 5 nitrogen and oxygen atoms in total. The molecule has 0 unspecified atom stereocenters. The zero-order valence-corrected chi connectivity index (χ0v) is 17.6. The van der Waals surface area contributed by atoms with E-state index in [1.54, 1.807) is 41.3 Å². The summed E-state index contributed by atoms with van der Waals surface area (Å²) in [6.07, 6.45) is 2.06. The van der Waals surface area contributed by atoms with Crippen LogP contribution in [-0.4, -0.2) is 38.9 Å². The molecular weight excluding hydrogens is 372 g/mol. The van der Waals surface area contributed by atoms with Gasteiger partial charge in [0.2, 0.25) is 5.91 Å². The number of hydrogen-bond acceptors (Lipinski definition) is 3. The Morgan fingerprint density at radius 3 is 2.18 bits per heavy atom. The molecule has 0 aliphatic carbocycles. The highest BCUT2D eigenvalue weighted by Gasteiger charge is 2.30. The number of carbonyl (C=O) groups excluding carboxylic acids is 1. The second-order valence-corrected chi connectivity index (χ2v) is 9.61. The second-order valence-electron chi connectivity index (χ2n) is 7.75. The minimum Gasteiger partial charge on any atom is -0.341 e. The van der Waals surface area contributed by atoms with Crippen molar-refractivity contribution >= 4 is 21.6 Å². The fourth-order valence-corrected chi connectivity index (χ4v) is 4.92. The molecule has 1 aliphatic rings. The molecule has 6 heteroatoms. The summed E-state index contributed by atoms with van der Waals surface area (Å²) in [6, 6.07) is 14.0. The van der Waals surface area contributed by atoms with Crippen LogP contribution in [-0.2, 0) is 14.8 Å². The van der Waals surface area contributed by atoms with E-state index in [4.69, 9.17) is 0 Å². The summed E-state index contributed by atoms with van der Waals surface area (Å²) in [4.78, 5) is 14.9. The van der Waals surface area contributed by atoms with Gasteiger partial charge in [0.25, 0.3) is 10.0 Å². The first-order valence-electron chi connectivity index (χ1n) is 9.71. The van der Waals surface area contributed by atoms with Crippen molar-refractivity contribution in [2.45, 2.75) is 38.5 Å². The third kappa shape index (κ3) is 4.55. The van der Waals surface area contributed by atoms with Crippen molar-refractivity contribution in [2.75, 3.05) is 23.9 Å². The molecule has 150 valence electrons. The number of anilines is 1. The summed E-state index contributed by atoms with van der Waals surface area (Å²) in [5, 5.41) is 0. The summed E-state index contributed by atoms with van der Waals surface area (Å²) >= 11 is 0. The number of rotatable bonds is 5. The molecule has 28 heavy (non-hydrogen) atoms. The SMILES string of the molecule is Cc1ccc(N(CC(=O)N2CCC[C@@H](C)C2)S(=O)(=O)c2ccc(C)cc2)cc1. The van der Waals surface area contributed by atoms with Gasteiger partial charge < -0.3 is 4.90 Å². The van der Waals surface area contributed by atoms with E-state index < -0.39 is 10.0 Å². The number of piperidine rings is 1. The first kappa shape index (κ1) is 20.4. The quantitative estimate of drug-likeness (QED) is 0.768. The molecule has 1 aliphatic heterocycles. The van der Waals surface area contributed by atoms with Gasteiger partial charge in [-0.15, -0.1) is 0 Å². The number of carbonyl (C=O) groups is 1. The van der Waals surface area contributed by atoms with E-state index in [9.17, 15) is 13.2 Å². The Labute approximate surface area is 168 Å². The zero-order chi connectivity index (χ0) is 20.3. The fraction of sp³-hybridized carbons (Fsp3) is 0.409. The maximum absolute atomic E-state index is 13.4. The molecule has 1 atom stereocenters. The minimum atomic E-state index is -3.85. The van der Waals surface area contributed by atoms with Crippen molar-refractivity contribution < 1.29 is 13.2 Å². The fourth-order valence-electron chi connectivity index (χ4n) is 3.50. The van der Waals surface area contributed by atoms with Gasteiger partial charge in [0.1, 0.15) is 6.54 Å². The Hall–Kier alpha value is -2.34. The van der Waals surface area contributed by atoms with E-state index in [2.05, 4.69) is 6.92 Å². The predicted molar refractivity (Wildman–Crippen MR) is 112 cm³/mol. The van der Waals surface area contributed by atoms with Gasteiger partial charge in [0, 0.05) is 13.1 Å². The van der Waals surface area contributed by atoms with Crippen LogP contribution in [0, 0.1) is 19.8 Å². The standard InChI is InChI=1S/C22H28N2O3S/c1-17-6-10-20(11-7-17)24(16-22(25)23-14-4-5-19(3)15-23)28(26,27)21-12-8-18(2)9-13-21/h6-13,19H,4-5,14-16H2,1-3H3/t19-/m1/s1. The maximum Gasteiger partial charge on any atom is 0.264 e. The smallest absolute Gasteiger partial charge is 0.264 e. The lowest BCUT2D eigenvalue weighted by molar-refractivity contribution is -0.131. The van der Waals surface area contributed by atoms with E-state index in [0.717, 1.165) is 24.0 Å². The van der Waals surface area contributed by atoms with E-state index in [1.165, 1.54) is 4.31 Å². The highest BCUT2D eigenvalue weighted by atomic mass is 32.2. The largest absolute Gasteiger partial charge is 0.341 e. The van der Waals surface area contributed by atoms with E-state index in [0.29, 0.717) is 24.7 Å². The summed E-state index contributed by atoms with van der Waals surface area (Å²) in [5.74, 6) is 0.294. The van der Waals surface area contributed by atoms with Gasteiger partial charge in [-0.3, -0.25) is 9.10 Å². The lowest BCUT2D eigenvalue weighted by atomic mass is 10.0. The van der Waals surface area contributed by atoms with E-state index in [-0.39, 0.29) is 17.3 Å². The van der Waals surface area contributed by atoms with Crippen molar-refractivity contribution in [3.8, 4) is 0 Å². The van der Waals surface area contributed by atoms with Crippen molar-refractivity contribution in [1.82, 2.24) is 4.90 Å². The van der Waals surface area contributed by atoms with Gasteiger partial charge in [-0.25, -0.2) is 8.42 Å². The number of hydrogen-bond donors (Lipinski definition) is 0. The summed E-state index contributed by atoms with van der Waals surface area (Å²) in [6.45, 7) is 7.17. The molecule has 0 N–H and O–H groups in total. The number of nitrogens with zero attached hydrogens (tertiary/aromatic N) is 2. The van der Waals surface area contributed by atoms with Gasteiger partial charge >= 0.3 is 0 Å². The highest BCUT2D eigenvalue weighted by Crippen LogP contribution is 2.25. The van der Waals surface area contributed by atoms with E-state index in [1.807, 2.05) is 26.0 Å². The first-order chi connectivity index (χ1) is 13.3. The normalized spacial score (nSPS) is 17.4. The van der Waals surface area contributed by atoms with Crippen LogP contribution in [0.2, 0.25) is 0 Å². The molecule has 0 saturated carbocycles. The number of sulfonamides is 1. The van der Waals surface area contributed by atoms with Crippen LogP contribution in [0.5, 0.6) is 0 Å².